The summed E-state index contributed by atoms with van der Waals surface area (Å²) in [5.41, 5.74) is 16.3. The van der Waals surface area contributed by atoms with Crippen LogP contribution in [0, 0.1) is 6.07 Å². The van der Waals surface area contributed by atoms with Crippen molar-refractivity contribution in [2.45, 2.75) is 56.8 Å². The molecule has 2 bridgehead atoms. The van der Waals surface area contributed by atoms with E-state index in [0.29, 0.717) is 11.8 Å². The molecule has 2 nitrogen and oxygen atoms in total. The van der Waals surface area contributed by atoms with Crippen LogP contribution in [0.3, 0.4) is 0 Å². The van der Waals surface area contributed by atoms with Gasteiger partial charge in [-0.25, -0.2) is 0 Å². The molecule has 5 aromatic carbocycles. The maximum Gasteiger partial charge on any atom is 0.0447 e. The Labute approximate surface area is 291 Å². The minimum atomic E-state index is -0.0766. The molecule has 0 aliphatic heterocycles. The van der Waals surface area contributed by atoms with E-state index in [0.717, 1.165) is 28.3 Å². The normalized spacial score (nSPS) is 18.1. The van der Waals surface area contributed by atoms with Gasteiger partial charge in [-0.05, 0) is 118 Å². The average molecular weight is 786 g/mol. The van der Waals surface area contributed by atoms with Gasteiger partial charge in [0, 0.05) is 43.1 Å². The molecule has 1 heterocycles. The molecule has 0 N–H and O–H groups in total. The second-order valence-electron chi connectivity index (χ2n) is 13.9. The number of fused-ring (bicyclic) bond motifs is 5. The molecular formula is C44H37IrN2-. The Morgan fingerprint density at radius 1 is 0.617 bits per heavy atom. The average Bonchev–Trinajstić information content (AvgIpc) is 3.35. The van der Waals surface area contributed by atoms with Gasteiger partial charge in [-0.1, -0.05) is 92.7 Å². The topological polar surface area (TPSA) is 16.1 Å². The number of pyridine rings is 1. The molecular weight excluding hydrogens is 749 g/mol. The Balaban J connectivity index is 0.00000324. The number of aromatic nitrogens is 1. The van der Waals surface area contributed by atoms with Crippen LogP contribution in [0.25, 0.3) is 33.5 Å². The van der Waals surface area contributed by atoms with Gasteiger partial charge in [-0.15, -0.1) is 29.8 Å². The molecule has 1 aromatic heterocycles. The molecule has 1 fully saturated rings. The number of rotatable bonds is 5. The van der Waals surface area contributed by atoms with Crippen molar-refractivity contribution in [1.29, 1.82) is 0 Å². The molecule has 1 radical (unpaired) electrons. The standard InChI is InChI=1S/C44H37N2.Ir/c1-44(2)41-14-7-6-13-37(41)38-24-23-36(26-42(38)44)46(34-21-19-30(20-22-34)29-9-4-3-5-10-29)35-12-8-11-33(25-35)43-27-39-31-15-17-32(18-16-31)40(39)28-45-43;/h3-10,12-14,19-28,31-32H,15-18H2,1-2H3;/q-1;. The van der Waals surface area contributed by atoms with Crippen LogP contribution in [0.15, 0.2) is 128 Å². The maximum absolute atomic E-state index is 5.01. The smallest absolute Gasteiger partial charge is 0.0447 e. The van der Waals surface area contributed by atoms with Crippen LogP contribution in [0.5, 0.6) is 0 Å². The monoisotopic (exact) mass is 786 g/mol. The summed E-state index contributed by atoms with van der Waals surface area (Å²) >= 11 is 0. The first-order chi connectivity index (χ1) is 22.5. The van der Waals surface area contributed by atoms with Gasteiger partial charge in [0.1, 0.15) is 0 Å². The molecule has 4 aliphatic rings. The largest absolute Gasteiger partial charge is 0.328 e. The van der Waals surface area contributed by atoms with Crippen molar-refractivity contribution >= 4 is 17.1 Å². The predicted octanol–water partition coefficient (Wildman–Crippen LogP) is 11.7. The fourth-order valence-electron chi connectivity index (χ4n) is 8.49. The quantitative estimate of drug-likeness (QED) is 0.162. The Kier molecular flexibility index (Phi) is 7.51. The van der Waals surface area contributed by atoms with E-state index in [2.05, 4.69) is 152 Å². The summed E-state index contributed by atoms with van der Waals surface area (Å²) in [6.45, 7) is 4.70. The van der Waals surface area contributed by atoms with Crippen LogP contribution in [0.4, 0.5) is 17.1 Å². The van der Waals surface area contributed by atoms with E-state index in [1.807, 2.05) is 0 Å². The molecule has 233 valence electrons. The summed E-state index contributed by atoms with van der Waals surface area (Å²) in [7, 11) is 0. The Hall–Kier alpha value is -4.30. The first-order valence-electron chi connectivity index (χ1n) is 16.8. The Morgan fingerprint density at radius 3 is 2.04 bits per heavy atom. The van der Waals surface area contributed by atoms with Crippen molar-refractivity contribution in [2.24, 2.45) is 0 Å². The zero-order chi connectivity index (χ0) is 30.8. The first kappa shape index (κ1) is 30.1. The zero-order valence-corrected chi connectivity index (χ0v) is 29.2. The molecule has 10 rings (SSSR count). The van der Waals surface area contributed by atoms with Gasteiger partial charge in [-0.3, -0.25) is 0 Å². The van der Waals surface area contributed by atoms with Gasteiger partial charge in [0.05, 0.1) is 0 Å². The van der Waals surface area contributed by atoms with Crippen LogP contribution in [0.2, 0.25) is 0 Å². The molecule has 6 aromatic rings. The van der Waals surface area contributed by atoms with Gasteiger partial charge in [0.25, 0.3) is 0 Å². The minimum Gasteiger partial charge on any atom is -0.328 e. The molecule has 0 atom stereocenters. The molecule has 4 aliphatic carbocycles. The minimum absolute atomic E-state index is 0. The third kappa shape index (κ3) is 5.00. The Bertz CT molecular complexity index is 2090. The van der Waals surface area contributed by atoms with E-state index < -0.39 is 0 Å². The summed E-state index contributed by atoms with van der Waals surface area (Å²) in [4.78, 5) is 7.41. The van der Waals surface area contributed by atoms with Crippen LogP contribution >= 0.6 is 0 Å². The summed E-state index contributed by atoms with van der Waals surface area (Å²) in [6.07, 6.45) is 7.44. The van der Waals surface area contributed by atoms with Gasteiger partial charge in [0.2, 0.25) is 0 Å². The fourth-order valence-corrected chi connectivity index (χ4v) is 8.49. The van der Waals surface area contributed by atoms with Crippen molar-refractivity contribution in [3.63, 3.8) is 0 Å². The van der Waals surface area contributed by atoms with Crippen LogP contribution in [0.1, 0.15) is 73.6 Å². The molecule has 1 saturated carbocycles. The predicted molar refractivity (Wildman–Crippen MR) is 190 cm³/mol. The van der Waals surface area contributed by atoms with Crippen molar-refractivity contribution in [2.75, 3.05) is 4.90 Å². The molecule has 0 amide bonds. The van der Waals surface area contributed by atoms with Crippen LogP contribution < -0.4 is 4.90 Å². The fraction of sp³-hybridized carbons (Fsp3) is 0.205. The molecule has 0 spiro atoms. The number of hydrogen-bond acceptors (Lipinski definition) is 2. The summed E-state index contributed by atoms with van der Waals surface area (Å²) < 4.78 is 0. The molecule has 47 heavy (non-hydrogen) atoms. The van der Waals surface area contributed by atoms with E-state index in [1.165, 1.54) is 70.2 Å². The van der Waals surface area contributed by atoms with Crippen molar-refractivity contribution in [3.8, 4) is 33.5 Å². The van der Waals surface area contributed by atoms with Gasteiger partial charge >= 0.3 is 0 Å². The summed E-state index contributed by atoms with van der Waals surface area (Å²) in [5.74, 6) is 1.38. The van der Waals surface area contributed by atoms with Gasteiger partial charge in [-0.2, -0.15) is 0 Å². The summed E-state index contributed by atoms with van der Waals surface area (Å²) in [6, 6.07) is 47.9. The van der Waals surface area contributed by atoms with E-state index in [-0.39, 0.29) is 25.5 Å². The van der Waals surface area contributed by atoms with Crippen molar-refractivity contribution in [1.82, 2.24) is 4.98 Å². The van der Waals surface area contributed by atoms with Crippen molar-refractivity contribution < 1.29 is 20.1 Å². The number of benzene rings is 5. The Morgan fingerprint density at radius 2 is 1.26 bits per heavy atom. The van der Waals surface area contributed by atoms with Gasteiger partial charge in [0.15, 0.2) is 0 Å². The van der Waals surface area contributed by atoms with E-state index in [9.17, 15) is 0 Å². The van der Waals surface area contributed by atoms with Gasteiger partial charge < -0.3 is 9.88 Å². The third-order valence-corrected chi connectivity index (χ3v) is 11.0. The molecule has 0 unspecified atom stereocenters. The molecule has 0 saturated heterocycles. The van der Waals surface area contributed by atoms with E-state index in [1.54, 1.807) is 0 Å². The summed E-state index contributed by atoms with van der Waals surface area (Å²) in [5, 5.41) is 0. The second-order valence-corrected chi connectivity index (χ2v) is 13.9. The maximum atomic E-state index is 5.01. The number of hydrogen-bond donors (Lipinski definition) is 0. The van der Waals surface area contributed by atoms with E-state index in [4.69, 9.17) is 4.98 Å². The second kappa shape index (κ2) is 11.7. The number of anilines is 3. The SMILES string of the molecule is CC1(C)c2ccccc2-c2ccc(N(c3ccc(-c4ccccc4)cc3)c3cc[c-]c(-c4cc5c(cn4)C4CCC5CC4)c3)cc21.[Ir]. The van der Waals surface area contributed by atoms with Crippen molar-refractivity contribution in [3.05, 3.63) is 156 Å². The van der Waals surface area contributed by atoms with E-state index >= 15 is 0 Å². The first-order valence-corrected chi connectivity index (χ1v) is 16.8. The third-order valence-electron chi connectivity index (χ3n) is 11.0. The zero-order valence-electron chi connectivity index (χ0n) is 26.8. The van der Waals surface area contributed by atoms with Crippen LogP contribution in [-0.2, 0) is 25.5 Å². The molecule has 3 heteroatoms. The number of nitrogens with zero attached hydrogens (tertiary/aromatic N) is 2. The van der Waals surface area contributed by atoms with Crippen LogP contribution in [-0.4, -0.2) is 4.98 Å².